The molecule has 0 aliphatic heterocycles. The van der Waals surface area contributed by atoms with Crippen molar-refractivity contribution in [3.05, 3.63) is 35.9 Å². The van der Waals surface area contributed by atoms with Gasteiger partial charge in [0.1, 0.15) is 0 Å². The fourth-order valence-corrected chi connectivity index (χ4v) is 2.41. The third-order valence-electron chi connectivity index (χ3n) is 2.86. The van der Waals surface area contributed by atoms with Gasteiger partial charge in [0.25, 0.3) is 0 Å². The van der Waals surface area contributed by atoms with Crippen molar-refractivity contribution in [2.75, 3.05) is 12.0 Å². The molecule has 1 amide bonds. The number of hydrogen-bond acceptors (Lipinski definition) is 3. The Kier molecular flexibility index (Phi) is 6.73. The highest BCUT2D eigenvalue weighted by molar-refractivity contribution is 7.84. The first-order chi connectivity index (χ1) is 8.99. The number of rotatable bonds is 7. The van der Waals surface area contributed by atoms with Crippen molar-refractivity contribution < 1.29 is 9.00 Å². The van der Waals surface area contributed by atoms with Crippen LogP contribution in [0.3, 0.4) is 0 Å². The molecule has 0 spiro atoms. The van der Waals surface area contributed by atoms with Crippen molar-refractivity contribution >= 4 is 16.7 Å². The molecule has 0 aromatic heterocycles. The van der Waals surface area contributed by atoms with Crippen molar-refractivity contribution in [3.8, 4) is 0 Å². The summed E-state index contributed by atoms with van der Waals surface area (Å²) in [5, 5.41) is 2.86. The maximum atomic E-state index is 11.9. The summed E-state index contributed by atoms with van der Waals surface area (Å²) < 4.78 is 11.0. The van der Waals surface area contributed by atoms with Gasteiger partial charge in [-0.3, -0.25) is 9.00 Å². The second-order valence-electron chi connectivity index (χ2n) is 4.77. The molecular weight excluding hydrogens is 260 g/mol. The minimum Gasteiger partial charge on any atom is -0.352 e. The zero-order valence-electron chi connectivity index (χ0n) is 11.5. The van der Waals surface area contributed by atoms with Crippen LogP contribution in [0.5, 0.6) is 0 Å². The van der Waals surface area contributed by atoms with Gasteiger partial charge in [-0.25, -0.2) is 0 Å². The van der Waals surface area contributed by atoms with Crippen LogP contribution in [0.15, 0.2) is 30.3 Å². The van der Waals surface area contributed by atoms with E-state index in [0.717, 1.165) is 5.56 Å². The van der Waals surface area contributed by atoms with Gasteiger partial charge in [-0.05, 0) is 25.3 Å². The summed E-state index contributed by atoms with van der Waals surface area (Å²) in [4.78, 5) is 11.9. The molecule has 1 rings (SSSR count). The SMILES string of the molecule is CC(CCS(C)=O)NC(=O)[C@H](N)Cc1ccccc1. The van der Waals surface area contributed by atoms with Crippen LogP contribution in [-0.2, 0) is 22.0 Å². The minimum atomic E-state index is -0.826. The van der Waals surface area contributed by atoms with Gasteiger partial charge >= 0.3 is 0 Å². The van der Waals surface area contributed by atoms with E-state index in [1.54, 1.807) is 6.26 Å². The van der Waals surface area contributed by atoms with Gasteiger partial charge < -0.3 is 11.1 Å². The summed E-state index contributed by atoms with van der Waals surface area (Å²) in [6.07, 6.45) is 2.89. The number of carbonyl (C=O) groups excluding carboxylic acids is 1. The lowest BCUT2D eigenvalue weighted by Gasteiger charge is -2.17. The van der Waals surface area contributed by atoms with Gasteiger partial charge in [0.2, 0.25) is 5.91 Å². The molecule has 0 fully saturated rings. The van der Waals surface area contributed by atoms with E-state index in [1.807, 2.05) is 37.3 Å². The Morgan fingerprint density at radius 1 is 1.37 bits per heavy atom. The van der Waals surface area contributed by atoms with Gasteiger partial charge in [0.15, 0.2) is 0 Å². The highest BCUT2D eigenvalue weighted by atomic mass is 32.2. The molecule has 1 aromatic carbocycles. The highest BCUT2D eigenvalue weighted by Gasteiger charge is 2.16. The fourth-order valence-electron chi connectivity index (χ4n) is 1.73. The molecule has 19 heavy (non-hydrogen) atoms. The van der Waals surface area contributed by atoms with Gasteiger partial charge in [0, 0.05) is 28.9 Å². The Hall–Kier alpha value is -1.20. The van der Waals surface area contributed by atoms with Crippen molar-refractivity contribution in [2.24, 2.45) is 5.73 Å². The summed E-state index contributed by atoms with van der Waals surface area (Å²) in [5.74, 6) is 0.438. The Bertz CT molecular complexity index is 423. The molecule has 0 heterocycles. The van der Waals surface area contributed by atoms with Crippen molar-refractivity contribution in [2.45, 2.75) is 31.8 Å². The van der Waals surface area contributed by atoms with Crippen LogP contribution in [0.2, 0.25) is 0 Å². The molecular formula is C14H22N2O2S. The molecule has 0 saturated carbocycles. The third-order valence-corrected chi connectivity index (χ3v) is 3.67. The Balaban J connectivity index is 2.38. The third kappa shape index (κ3) is 6.50. The second kappa shape index (κ2) is 8.07. The quantitative estimate of drug-likeness (QED) is 0.778. The van der Waals surface area contributed by atoms with Crippen LogP contribution in [0.1, 0.15) is 18.9 Å². The minimum absolute atomic E-state index is 0.00165. The first-order valence-corrected chi connectivity index (χ1v) is 8.11. The molecule has 4 nitrogen and oxygen atoms in total. The molecule has 2 unspecified atom stereocenters. The number of hydrogen-bond donors (Lipinski definition) is 2. The van der Waals surface area contributed by atoms with E-state index in [-0.39, 0.29) is 11.9 Å². The molecule has 0 saturated heterocycles. The average molecular weight is 282 g/mol. The average Bonchev–Trinajstić information content (AvgIpc) is 2.37. The van der Waals surface area contributed by atoms with E-state index in [9.17, 15) is 9.00 Å². The topological polar surface area (TPSA) is 72.2 Å². The molecule has 3 N–H and O–H groups in total. The number of amides is 1. The summed E-state index contributed by atoms with van der Waals surface area (Å²) in [6, 6.07) is 9.16. The maximum Gasteiger partial charge on any atom is 0.237 e. The summed E-state index contributed by atoms with van der Waals surface area (Å²) in [7, 11) is -0.826. The zero-order valence-corrected chi connectivity index (χ0v) is 12.3. The van der Waals surface area contributed by atoms with Crippen LogP contribution in [-0.4, -0.2) is 34.2 Å². The molecule has 3 atom stereocenters. The van der Waals surface area contributed by atoms with Gasteiger partial charge in [-0.15, -0.1) is 0 Å². The van der Waals surface area contributed by atoms with E-state index in [0.29, 0.717) is 18.6 Å². The monoisotopic (exact) mass is 282 g/mol. The van der Waals surface area contributed by atoms with E-state index >= 15 is 0 Å². The Morgan fingerprint density at radius 2 is 2.00 bits per heavy atom. The largest absolute Gasteiger partial charge is 0.352 e. The fraction of sp³-hybridized carbons (Fsp3) is 0.500. The van der Waals surface area contributed by atoms with E-state index in [1.165, 1.54) is 0 Å². The number of benzene rings is 1. The van der Waals surface area contributed by atoms with Crippen molar-refractivity contribution in [1.82, 2.24) is 5.32 Å². The molecule has 0 aliphatic carbocycles. The highest BCUT2D eigenvalue weighted by Crippen LogP contribution is 2.02. The first kappa shape index (κ1) is 15.9. The predicted molar refractivity (Wildman–Crippen MR) is 79.3 cm³/mol. The maximum absolute atomic E-state index is 11.9. The van der Waals surface area contributed by atoms with Crippen LogP contribution in [0.25, 0.3) is 0 Å². The lowest BCUT2D eigenvalue weighted by Crippen LogP contribution is -2.45. The standard InChI is InChI=1S/C14H22N2O2S/c1-11(8-9-19(2)18)16-14(17)13(15)10-12-6-4-3-5-7-12/h3-7,11,13H,8-10,15H2,1-2H3,(H,16,17)/t11?,13-,19?/m1/s1. The summed E-state index contributed by atoms with van der Waals surface area (Å²) >= 11 is 0. The van der Waals surface area contributed by atoms with Crippen LogP contribution in [0.4, 0.5) is 0 Å². The molecule has 0 aliphatic rings. The van der Waals surface area contributed by atoms with Gasteiger partial charge in [-0.2, -0.15) is 0 Å². The van der Waals surface area contributed by atoms with Gasteiger partial charge in [-0.1, -0.05) is 30.3 Å². The molecule has 1 aromatic rings. The second-order valence-corrected chi connectivity index (χ2v) is 6.33. The first-order valence-electron chi connectivity index (χ1n) is 6.39. The lowest BCUT2D eigenvalue weighted by atomic mass is 10.1. The number of nitrogens with two attached hydrogens (primary N) is 1. The van der Waals surface area contributed by atoms with Crippen LogP contribution in [0, 0.1) is 0 Å². The zero-order chi connectivity index (χ0) is 14.3. The molecule has 0 bridgehead atoms. The van der Waals surface area contributed by atoms with Crippen molar-refractivity contribution in [1.29, 1.82) is 0 Å². The van der Waals surface area contributed by atoms with E-state index < -0.39 is 16.8 Å². The summed E-state index contributed by atoms with van der Waals surface area (Å²) in [5.41, 5.74) is 6.93. The molecule has 106 valence electrons. The van der Waals surface area contributed by atoms with Gasteiger partial charge in [0.05, 0.1) is 6.04 Å². The van der Waals surface area contributed by atoms with Crippen molar-refractivity contribution in [3.63, 3.8) is 0 Å². The Morgan fingerprint density at radius 3 is 2.58 bits per heavy atom. The van der Waals surface area contributed by atoms with Crippen LogP contribution >= 0.6 is 0 Å². The molecule has 0 radical (unpaired) electrons. The number of carbonyl (C=O) groups is 1. The van der Waals surface area contributed by atoms with Crippen LogP contribution < -0.4 is 11.1 Å². The smallest absolute Gasteiger partial charge is 0.237 e. The Labute approximate surface area is 117 Å². The normalized spacial score (nSPS) is 15.5. The van der Waals surface area contributed by atoms with E-state index in [4.69, 9.17) is 5.73 Å². The number of nitrogens with one attached hydrogen (secondary N) is 1. The summed E-state index contributed by atoms with van der Waals surface area (Å²) in [6.45, 7) is 1.90. The predicted octanol–water partition coefficient (Wildman–Crippen LogP) is 0.830. The molecule has 5 heteroatoms. The lowest BCUT2D eigenvalue weighted by molar-refractivity contribution is -0.122. The van der Waals surface area contributed by atoms with E-state index in [2.05, 4.69) is 5.32 Å².